The molecule has 1 heterocycles. The molecule has 4 rings (SSSR count). The molecule has 7 heteroatoms. The van der Waals surface area contributed by atoms with Gasteiger partial charge in [-0.3, -0.25) is 14.9 Å². The molecule has 1 N–H and O–H groups in total. The molecule has 0 saturated carbocycles. The first-order valence-electron chi connectivity index (χ1n) is 7.79. The van der Waals surface area contributed by atoms with Crippen LogP contribution in [-0.4, -0.2) is 20.2 Å². The van der Waals surface area contributed by atoms with E-state index in [9.17, 15) is 18.0 Å². The molecular formula is C19H13NO5S. The minimum atomic E-state index is -4.12. The molecule has 1 aliphatic heterocycles. The van der Waals surface area contributed by atoms with Gasteiger partial charge in [-0.05, 0) is 36.6 Å². The summed E-state index contributed by atoms with van der Waals surface area (Å²) in [4.78, 5) is 24.4. The van der Waals surface area contributed by atoms with Crippen LogP contribution in [0.15, 0.2) is 59.5 Å². The Morgan fingerprint density at radius 3 is 2.35 bits per heavy atom. The molecule has 0 unspecified atom stereocenters. The normalized spacial score (nSPS) is 13.6. The van der Waals surface area contributed by atoms with Gasteiger partial charge >= 0.3 is 10.1 Å². The molecule has 3 aromatic carbocycles. The Bertz CT molecular complexity index is 1180. The minimum absolute atomic E-state index is 0.0176. The second kappa shape index (κ2) is 5.67. The molecule has 1 aliphatic rings. The second-order valence-electron chi connectivity index (χ2n) is 5.98. The lowest BCUT2D eigenvalue weighted by atomic mass is 9.94. The highest BCUT2D eigenvalue weighted by Gasteiger charge is 2.30. The summed E-state index contributed by atoms with van der Waals surface area (Å²) in [7, 11) is -4.12. The molecule has 6 nitrogen and oxygen atoms in total. The average Bonchev–Trinajstić information content (AvgIpc) is 2.60. The zero-order valence-corrected chi connectivity index (χ0v) is 14.5. The Kier molecular flexibility index (Phi) is 3.55. The third-order valence-corrected chi connectivity index (χ3v) is 5.46. The van der Waals surface area contributed by atoms with Crippen molar-refractivity contribution < 1.29 is 22.2 Å². The monoisotopic (exact) mass is 367 g/mol. The molecule has 130 valence electrons. The molecule has 0 bridgehead atoms. The summed E-state index contributed by atoms with van der Waals surface area (Å²) in [5.41, 5.74) is 1.25. The number of imide groups is 1. The Morgan fingerprint density at radius 2 is 1.62 bits per heavy atom. The van der Waals surface area contributed by atoms with Crippen molar-refractivity contribution in [2.75, 3.05) is 0 Å². The first kappa shape index (κ1) is 16.3. The molecule has 0 saturated heterocycles. The van der Waals surface area contributed by atoms with Gasteiger partial charge in [0, 0.05) is 10.9 Å². The summed E-state index contributed by atoms with van der Waals surface area (Å²) in [5, 5.41) is 3.26. The number of carbonyl (C=O) groups excluding carboxylic acids is 2. The fraction of sp³-hybridized carbons (Fsp3) is 0.0526. The second-order valence-corrected chi connectivity index (χ2v) is 7.52. The summed E-state index contributed by atoms with van der Waals surface area (Å²) < 4.78 is 30.4. The lowest BCUT2D eigenvalue weighted by Crippen LogP contribution is -2.35. The molecule has 26 heavy (non-hydrogen) atoms. The van der Waals surface area contributed by atoms with Crippen LogP contribution in [0.3, 0.4) is 0 Å². The highest BCUT2D eigenvalue weighted by atomic mass is 32.2. The van der Waals surface area contributed by atoms with Gasteiger partial charge in [0.1, 0.15) is 4.90 Å². The van der Waals surface area contributed by atoms with Gasteiger partial charge in [0.2, 0.25) is 0 Å². The highest BCUT2D eigenvalue weighted by Crippen LogP contribution is 2.34. The van der Waals surface area contributed by atoms with Crippen molar-refractivity contribution in [1.29, 1.82) is 0 Å². The maximum absolute atomic E-state index is 12.6. The van der Waals surface area contributed by atoms with Crippen LogP contribution in [0.1, 0.15) is 26.3 Å². The van der Waals surface area contributed by atoms with Crippen LogP contribution < -0.4 is 9.50 Å². The average molecular weight is 367 g/mol. The molecule has 0 aromatic heterocycles. The van der Waals surface area contributed by atoms with Crippen molar-refractivity contribution in [3.8, 4) is 5.75 Å². The van der Waals surface area contributed by atoms with E-state index < -0.39 is 21.9 Å². The Hall–Kier alpha value is -3.19. The number of benzene rings is 3. The SMILES string of the molecule is Cc1ccc(S(=O)(=O)Oc2ccc3cccc4c3c2C(=O)NC4=O)cc1. The summed E-state index contributed by atoms with van der Waals surface area (Å²) in [6, 6.07) is 14.2. The molecule has 0 fully saturated rings. The quantitative estimate of drug-likeness (QED) is 0.568. The maximum atomic E-state index is 12.6. The largest absolute Gasteiger partial charge is 0.378 e. The lowest BCUT2D eigenvalue weighted by molar-refractivity contribution is 0.0844. The van der Waals surface area contributed by atoms with E-state index in [1.54, 1.807) is 36.4 Å². The van der Waals surface area contributed by atoms with Crippen molar-refractivity contribution in [2.24, 2.45) is 0 Å². The third kappa shape index (κ3) is 2.53. The van der Waals surface area contributed by atoms with Crippen molar-refractivity contribution in [1.82, 2.24) is 5.32 Å². The minimum Gasteiger partial charge on any atom is -0.378 e. The van der Waals surface area contributed by atoms with Crippen LogP contribution in [0.4, 0.5) is 0 Å². The molecule has 0 spiro atoms. The number of amides is 2. The zero-order valence-electron chi connectivity index (χ0n) is 13.6. The van der Waals surface area contributed by atoms with Gasteiger partial charge < -0.3 is 4.18 Å². The Balaban J connectivity index is 1.89. The number of aryl methyl sites for hydroxylation is 1. The van der Waals surface area contributed by atoms with E-state index in [4.69, 9.17) is 4.18 Å². The van der Waals surface area contributed by atoms with Crippen LogP contribution in [0.5, 0.6) is 5.75 Å². The van der Waals surface area contributed by atoms with E-state index in [2.05, 4.69) is 5.32 Å². The number of carbonyl (C=O) groups is 2. The van der Waals surface area contributed by atoms with Gasteiger partial charge in [-0.15, -0.1) is 0 Å². The van der Waals surface area contributed by atoms with Crippen LogP contribution >= 0.6 is 0 Å². The molecule has 2 amide bonds. The van der Waals surface area contributed by atoms with Crippen molar-refractivity contribution in [3.63, 3.8) is 0 Å². The van der Waals surface area contributed by atoms with Gasteiger partial charge in [0.15, 0.2) is 5.75 Å². The number of nitrogens with one attached hydrogen (secondary N) is 1. The predicted octanol–water partition coefficient (Wildman–Crippen LogP) is 2.80. The number of hydrogen-bond acceptors (Lipinski definition) is 5. The Morgan fingerprint density at radius 1 is 0.885 bits per heavy atom. The summed E-state index contributed by atoms with van der Waals surface area (Å²) >= 11 is 0. The summed E-state index contributed by atoms with van der Waals surface area (Å²) in [6.07, 6.45) is 0. The maximum Gasteiger partial charge on any atom is 0.339 e. The Labute approximate surface area is 149 Å². The first-order chi connectivity index (χ1) is 12.4. The van der Waals surface area contributed by atoms with Crippen LogP contribution in [0.2, 0.25) is 0 Å². The molecule has 0 atom stereocenters. The van der Waals surface area contributed by atoms with Crippen molar-refractivity contribution in [3.05, 3.63) is 71.3 Å². The third-order valence-electron chi connectivity index (χ3n) is 4.22. The van der Waals surface area contributed by atoms with E-state index in [1.165, 1.54) is 18.2 Å². The van der Waals surface area contributed by atoms with E-state index in [0.29, 0.717) is 16.3 Å². The van der Waals surface area contributed by atoms with Gasteiger partial charge in [0.25, 0.3) is 11.8 Å². The topological polar surface area (TPSA) is 89.5 Å². The van der Waals surface area contributed by atoms with E-state index in [-0.39, 0.29) is 16.2 Å². The molecular weight excluding hydrogens is 354 g/mol. The van der Waals surface area contributed by atoms with Gasteiger partial charge in [-0.1, -0.05) is 35.9 Å². The molecule has 0 radical (unpaired) electrons. The van der Waals surface area contributed by atoms with Crippen molar-refractivity contribution in [2.45, 2.75) is 11.8 Å². The standard InChI is InChI=1S/C19H13NO5S/c1-11-5-8-13(9-6-11)26(23,24)25-15-10-7-12-3-2-4-14-16(12)17(15)19(22)20-18(14)21/h2-10H,1H3,(H,20,21,22). The van der Waals surface area contributed by atoms with E-state index in [1.807, 2.05) is 6.92 Å². The van der Waals surface area contributed by atoms with E-state index in [0.717, 1.165) is 5.56 Å². The first-order valence-corrected chi connectivity index (χ1v) is 9.20. The fourth-order valence-electron chi connectivity index (χ4n) is 2.95. The fourth-order valence-corrected chi connectivity index (χ4v) is 3.89. The number of hydrogen-bond donors (Lipinski definition) is 1. The summed E-state index contributed by atoms with van der Waals surface area (Å²) in [5.74, 6) is -1.32. The van der Waals surface area contributed by atoms with Crippen LogP contribution in [-0.2, 0) is 10.1 Å². The van der Waals surface area contributed by atoms with Gasteiger partial charge in [-0.25, -0.2) is 0 Å². The molecule has 3 aromatic rings. The smallest absolute Gasteiger partial charge is 0.339 e. The zero-order chi connectivity index (χ0) is 18.5. The van der Waals surface area contributed by atoms with Gasteiger partial charge in [-0.2, -0.15) is 8.42 Å². The summed E-state index contributed by atoms with van der Waals surface area (Å²) in [6.45, 7) is 1.84. The van der Waals surface area contributed by atoms with Crippen LogP contribution in [0.25, 0.3) is 10.8 Å². The van der Waals surface area contributed by atoms with Crippen LogP contribution in [0, 0.1) is 6.92 Å². The van der Waals surface area contributed by atoms with Crippen molar-refractivity contribution >= 4 is 32.7 Å². The number of rotatable bonds is 3. The highest BCUT2D eigenvalue weighted by molar-refractivity contribution is 7.87. The predicted molar refractivity (Wildman–Crippen MR) is 94.7 cm³/mol. The van der Waals surface area contributed by atoms with Gasteiger partial charge in [0.05, 0.1) is 5.56 Å². The van der Waals surface area contributed by atoms with E-state index >= 15 is 0 Å². The molecule has 0 aliphatic carbocycles. The lowest BCUT2D eigenvalue weighted by Gasteiger charge is -2.19.